The van der Waals surface area contributed by atoms with E-state index in [0.717, 1.165) is 29.7 Å². The lowest BCUT2D eigenvalue weighted by Crippen LogP contribution is -2.04. The summed E-state index contributed by atoms with van der Waals surface area (Å²) in [6.07, 6.45) is 1.04. The first-order valence-electron chi connectivity index (χ1n) is 5.58. The molecule has 0 aliphatic rings. The maximum Gasteiger partial charge on any atom is 0.205 e. The second kappa shape index (κ2) is 8.43. The third kappa shape index (κ3) is 5.39. The van der Waals surface area contributed by atoms with Gasteiger partial charge in [-0.05, 0) is 13.3 Å². The molecule has 0 aliphatic heterocycles. The quantitative estimate of drug-likeness (QED) is 0.674. The van der Waals surface area contributed by atoms with Gasteiger partial charge in [-0.2, -0.15) is 0 Å². The molecule has 0 saturated carbocycles. The summed E-state index contributed by atoms with van der Waals surface area (Å²) in [4.78, 5) is 0. The Morgan fingerprint density at radius 3 is 2.69 bits per heavy atom. The molecule has 1 N–H and O–H groups in total. The van der Waals surface area contributed by atoms with E-state index < -0.39 is 0 Å². The van der Waals surface area contributed by atoms with Crippen molar-refractivity contribution in [3.05, 3.63) is 5.01 Å². The van der Waals surface area contributed by atoms with Crippen molar-refractivity contribution in [3.63, 3.8) is 0 Å². The van der Waals surface area contributed by atoms with E-state index in [0.29, 0.717) is 19.8 Å². The van der Waals surface area contributed by atoms with E-state index in [1.165, 1.54) is 11.3 Å². The molecule has 16 heavy (non-hydrogen) atoms. The molecule has 0 fully saturated rings. The summed E-state index contributed by atoms with van der Waals surface area (Å²) in [5.41, 5.74) is 0. The van der Waals surface area contributed by atoms with Gasteiger partial charge in [0.25, 0.3) is 0 Å². The molecule has 0 spiro atoms. The average Bonchev–Trinajstić information content (AvgIpc) is 2.72. The van der Waals surface area contributed by atoms with Gasteiger partial charge in [0.1, 0.15) is 11.6 Å². The molecule has 1 heterocycles. The minimum absolute atomic E-state index is 0.512. The van der Waals surface area contributed by atoms with E-state index in [9.17, 15) is 0 Å². The van der Waals surface area contributed by atoms with Gasteiger partial charge in [0.15, 0.2) is 0 Å². The summed E-state index contributed by atoms with van der Waals surface area (Å²) in [5, 5.41) is 12.8. The maximum absolute atomic E-state index is 5.41. The molecule has 5 nitrogen and oxygen atoms in total. The summed E-state index contributed by atoms with van der Waals surface area (Å²) in [7, 11) is 0. The van der Waals surface area contributed by atoms with Crippen molar-refractivity contribution in [1.29, 1.82) is 0 Å². The molecule has 92 valence electrons. The van der Waals surface area contributed by atoms with Gasteiger partial charge in [-0.25, -0.2) is 0 Å². The lowest BCUT2D eigenvalue weighted by atomic mass is 10.5. The highest BCUT2D eigenvalue weighted by atomic mass is 32.1. The zero-order valence-electron chi connectivity index (χ0n) is 9.86. The molecule has 0 aromatic carbocycles. The molecule has 0 atom stereocenters. The van der Waals surface area contributed by atoms with Crippen LogP contribution >= 0.6 is 11.3 Å². The van der Waals surface area contributed by atoms with E-state index in [4.69, 9.17) is 9.47 Å². The SMILES string of the molecule is CCCOCCOCc1nnc(NCC)s1. The van der Waals surface area contributed by atoms with Crippen LogP contribution in [0.15, 0.2) is 0 Å². The van der Waals surface area contributed by atoms with Crippen LogP contribution in [0.2, 0.25) is 0 Å². The molecule has 1 rings (SSSR count). The molecule has 0 radical (unpaired) electrons. The van der Waals surface area contributed by atoms with Gasteiger partial charge in [-0.15, -0.1) is 10.2 Å². The molecule has 1 aromatic heterocycles. The van der Waals surface area contributed by atoms with E-state index in [-0.39, 0.29) is 0 Å². The smallest absolute Gasteiger partial charge is 0.205 e. The molecule has 0 unspecified atom stereocenters. The van der Waals surface area contributed by atoms with E-state index in [1.807, 2.05) is 6.92 Å². The van der Waals surface area contributed by atoms with Crippen LogP contribution in [-0.2, 0) is 16.1 Å². The Balaban J connectivity index is 2.07. The molecule has 0 amide bonds. The van der Waals surface area contributed by atoms with E-state index in [2.05, 4.69) is 22.4 Å². The molecule has 0 bridgehead atoms. The van der Waals surface area contributed by atoms with Crippen LogP contribution in [0.1, 0.15) is 25.3 Å². The molecule has 0 saturated heterocycles. The lowest BCUT2D eigenvalue weighted by molar-refractivity contribution is 0.0406. The minimum Gasteiger partial charge on any atom is -0.379 e. The van der Waals surface area contributed by atoms with Crippen molar-refractivity contribution < 1.29 is 9.47 Å². The number of ether oxygens (including phenoxy) is 2. The number of aromatic nitrogens is 2. The van der Waals surface area contributed by atoms with Crippen LogP contribution < -0.4 is 5.32 Å². The van der Waals surface area contributed by atoms with Crippen LogP contribution in [0.25, 0.3) is 0 Å². The zero-order chi connectivity index (χ0) is 11.6. The number of rotatable bonds is 9. The highest BCUT2D eigenvalue weighted by Gasteiger charge is 2.02. The van der Waals surface area contributed by atoms with Crippen molar-refractivity contribution in [2.45, 2.75) is 26.9 Å². The highest BCUT2D eigenvalue weighted by Crippen LogP contribution is 2.15. The van der Waals surface area contributed by atoms with Crippen LogP contribution in [-0.4, -0.2) is 36.6 Å². The predicted octanol–water partition coefficient (Wildman–Crippen LogP) is 1.91. The number of hydrogen-bond donors (Lipinski definition) is 1. The number of nitrogens with one attached hydrogen (secondary N) is 1. The number of anilines is 1. The van der Waals surface area contributed by atoms with Gasteiger partial charge in [0, 0.05) is 13.2 Å². The molecule has 1 aromatic rings. The van der Waals surface area contributed by atoms with Crippen LogP contribution in [0.4, 0.5) is 5.13 Å². The Kier molecular flexibility index (Phi) is 7.03. The van der Waals surface area contributed by atoms with Gasteiger partial charge in [0.05, 0.1) is 13.2 Å². The first-order chi connectivity index (χ1) is 7.86. The normalized spacial score (nSPS) is 10.6. The minimum atomic E-state index is 0.512. The topological polar surface area (TPSA) is 56.3 Å². The Labute approximate surface area is 100 Å². The fourth-order valence-corrected chi connectivity index (χ4v) is 1.80. The van der Waals surface area contributed by atoms with Crippen LogP contribution in [0.3, 0.4) is 0 Å². The molecule has 6 heteroatoms. The third-order valence-electron chi connectivity index (χ3n) is 1.74. The first-order valence-corrected chi connectivity index (χ1v) is 6.40. The summed E-state index contributed by atoms with van der Waals surface area (Å²) >= 11 is 1.53. The highest BCUT2D eigenvalue weighted by molar-refractivity contribution is 7.15. The van der Waals surface area contributed by atoms with Gasteiger partial charge in [-0.1, -0.05) is 18.3 Å². The Morgan fingerprint density at radius 1 is 1.12 bits per heavy atom. The summed E-state index contributed by atoms with van der Waals surface area (Å²) in [6, 6.07) is 0. The second-order valence-electron chi connectivity index (χ2n) is 3.20. The third-order valence-corrected chi connectivity index (χ3v) is 2.60. The largest absolute Gasteiger partial charge is 0.379 e. The Hall–Kier alpha value is -0.720. The maximum atomic E-state index is 5.41. The second-order valence-corrected chi connectivity index (χ2v) is 4.26. The summed E-state index contributed by atoms with van der Waals surface area (Å²) < 4.78 is 10.7. The molecular weight excluding hydrogens is 226 g/mol. The van der Waals surface area contributed by atoms with Gasteiger partial charge in [-0.3, -0.25) is 0 Å². The first kappa shape index (κ1) is 13.3. The lowest BCUT2D eigenvalue weighted by Gasteiger charge is -2.02. The Morgan fingerprint density at radius 2 is 1.94 bits per heavy atom. The zero-order valence-corrected chi connectivity index (χ0v) is 10.7. The van der Waals surface area contributed by atoms with Crippen molar-refractivity contribution >= 4 is 16.5 Å². The van der Waals surface area contributed by atoms with Crippen LogP contribution in [0.5, 0.6) is 0 Å². The van der Waals surface area contributed by atoms with Crippen LogP contribution in [0, 0.1) is 0 Å². The average molecular weight is 245 g/mol. The predicted molar refractivity (Wildman–Crippen MR) is 64.8 cm³/mol. The van der Waals surface area contributed by atoms with Gasteiger partial charge in [0.2, 0.25) is 5.13 Å². The fourth-order valence-electron chi connectivity index (χ4n) is 1.06. The van der Waals surface area contributed by atoms with Crippen molar-refractivity contribution in [3.8, 4) is 0 Å². The number of hydrogen-bond acceptors (Lipinski definition) is 6. The van der Waals surface area contributed by atoms with Gasteiger partial charge < -0.3 is 14.8 Å². The molecule has 0 aliphatic carbocycles. The monoisotopic (exact) mass is 245 g/mol. The Bertz CT molecular complexity index is 281. The number of nitrogens with zero attached hydrogens (tertiary/aromatic N) is 2. The van der Waals surface area contributed by atoms with Crippen molar-refractivity contribution in [2.24, 2.45) is 0 Å². The van der Waals surface area contributed by atoms with Gasteiger partial charge >= 0.3 is 0 Å². The molecular formula is C10H19N3O2S. The summed E-state index contributed by atoms with van der Waals surface area (Å²) in [5.74, 6) is 0. The fraction of sp³-hybridized carbons (Fsp3) is 0.800. The van der Waals surface area contributed by atoms with E-state index in [1.54, 1.807) is 0 Å². The summed E-state index contributed by atoms with van der Waals surface area (Å²) in [6.45, 7) is 7.54. The van der Waals surface area contributed by atoms with E-state index >= 15 is 0 Å². The van der Waals surface area contributed by atoms with Crippen molar-refractivity contribution in [1.82, 2.24) is 10.2 Å². The van der Waals surface area contributed by atoms with Crippen molar-refractivity contribution in [2.75, 3.05) is 31.7 Å². The standard InChI is InChI=1S/C10H19N3O2S/c1-3-5-14-6-7-15-8-9-12-13-10(16-9)11-4-2/h3-8H2,1-2H3,(H,11,13).